The van der Waals surface area contributed by atoms with E-state index in [1.807, 2.05) is 18.2 Å². The fourth-order valence-electron chi connectivity index (χ4n) is 3.17. The van der Waals surface area contributed by atoms with Gasteiger partial charge in [-0.1, -0.05) is 0 Å². The van der Waals surface area contributed by atoms with Crippen LogP contribution in [0.15, 0.2) is 41.4 Å². The van der Waals surface area contributed by atoms with Gasteiger partial charge in [0.1, 0.15) is 22.2 Å². The summed E-state index contributed by atoms with van der Waals surface area (Å²) in [5.41, 5.74) is 1.05. The molecule has 0 saturated carbocycles. The quantitative estimate of drug-likeness (QED) is 0.874. The van der Waals surface area contributed by atoms with E-state index >= 15 is 0 Å². The molecule has 2 N–H and O–H groups in total. The molecule has 2 heterocycles. The van der Waals surface area contributed by atoms with Gasteiger partial charge in [-0.25, -0.2) is 18.5 Å². The number of pyridine rings is 1. The largest absolute Gasteiger partial charge is 0.497 e. The Balaban J connectivity index is 1.93. The Bertz CT molecular complexity index is 853. The predicted octanol–water partition coefficient (Wildman–Crippen LogP) is 2.09. The van der Waals surface area contributed by atoms with Gasteiger partial charge < -0.3 is 14.4 Å². The fraction of sp³-hybridized carbons (Fsp3) is 0.353. The van der Waals surface area contributed by atoms with Crippen molar-refractivity contribution in [2.24, 2.45) is 5.14 Å². The van der Waals surface area contributed by atoms with Crippen LogP contribution in [-0.4, -0.2) is 34.2 Å². The second-order valence-corrected chi connectivity index (χ2v) is 7.42. The molecule has 2 aromatic rings. The highest BCUT2D eigenvalue weighted by atomic mass is 32.2. The molecule has 7 nitrogen and oxygen atoms in total. The third kappa shape index (κ3) is 3.54. The number of rotatable bonds is 5. The molecule has 1 aliphatic rings. The van der Waals surface area contributed by atoms with Gasteiger partial charge in [0.05, 0.1) is 20.3 Å². The summed E-state index contributed by atoms with van der Waals surface area (Å²) in [6.45, 7) is 0.835. The highest BCUT2D eigenvalue weighted by Gasteiger charge is 2.29. The third-order valence-electron chi connectivity index (χ3n) is 4.40. The lowest BCUT2D eigenvalue weighted by Gasteiger charge is -2.27. The van der Waals surface area contributed by atoms with Gasteiger partial charge in [-0.3, -0.25) is 0 Å². The second-order valence-electron chi connectivity index (χ2n) is 5.86. The molecule has 0 amide bonds. The van der Waals surface area contributed by atoms with Crippen LogP contribution in [0.4, 0.5) is 5.82 Å². The smallest absolute Gasteiger partial charge is 0.239 e. The number of primary sulfonamides is 1. The van der Waals surface area contributed by atoms with Crippen LogP contribution in [0.1, 0.15) is 24.4 Å². The number of hydrogen-bond donors (Lipinski definition) is 1. The van der Waals surface area contributed by atoms with E-state index in [0.29, 0.717) is 5.82 Å². The Labute approximate surface area is 147 Å². The fourth-order valence-corrected chi connectivity index (χ4v) is 3.63. The van der Waals surface area contributed by atoms with Gasteiger partial charge in [0, 0.05) is 24.4 Å². The maximum Gasteiger partial charge on any atom is 0.239 e. The Morgan fingerprint density at radius 2 is 2.00 bits per heavy atom. The van der Waals surface area contributed by atoms with Crippen molar-refractivity contribution >= 4 is 15.8 Å². The van der Waals surface area contributed by atoms with Crippen LogP contribution >= 0.6 is 0 Å². The molecule has 8 heteroatoms. The van der Waals surface area contributed by atoms with Crippen LogP contribution in [0, 0.1) is 0 Å². The zero-order chi connectivity index (χ0) is 18.0. The van der Waals surface area contributed by atoms with Crippen LogP contribution in [0.5, 0.6) is 11.5 Å². The van der Waals surface area contributed by atoms with Gasteiger partial charge in [-0.2, -0.15) is 0 Å². The zero-order valence-electron chi connectivity index (χ0n) is 14.2. The maximum atomic E-state index is 11.4. The number of nitrogens with two attached hydrogens (primary N) is 1. The van der Waals surface area contributed by atoms with Crippen molar-refractivity contribution in [3.8, 4) is 11.5 Å². The lowest BCUT2D eigenvalue weighted by molar-refractivity contribution is 0.388. The van der Waals surface area contributed by atoms with Crippen LogP contribution in [-0.2, 0) is 10.0 Å². The molecular weight excluding hydrogens is 342 g/mol. The van der Waals surface area contributed by atoms with Crippen molar-refractivity contribution in [3.05, 3.63) is 42.1 Å². The van der Waals surface area contributed by atoms with Crippen molar-refractivity contribution in [3.63, 3.8) is 0 Å². The molecular formula is C17H21N3O4S. The van der Waals surface area contributed by atoms with Crippen molar-refractivity contribution in [1.82, 2.24) is 4.98 Å². The van der Waals surface area contributed by atoms with Crippen LogP contribution in [0.2, 0.25) is 0 Å². The van der Waals surface area contributed by atoms with E-state index in [9.17, 15) is 8.42 Å². The van der Waals surface area contributed by atoms with Gasteiger partial charge in [0.25, 0.3) is 0 Å². The number of sulfonamides is 1. The van der Waals surface area contributed by atoms with E-state index < -0.39 is 10.0 Å². The Kier molecular flexibility index (Phi) is 4.82. The van der Waals surface area contributed by atoms with E-state index in [1.54, 1.807) is 20.3 Å². The number of hydrogen-bond acceptors (Lipinski definition) is 6. The lowest BCUT2D eigenvalue weighted by atomic mass is 10.0. The van der Waals surface area contributed by atoms with Crippen molar-refractivity contribution in [1.29, 1.82) is 0 Å². The minimum Gasteiger partial charge on any atom is -0.497 e. The zero-order valence-corrected chi connectivity index (χ0v) is 15.0. The topological polar surface area (TPSA) is 94.8 Å². The number of methoxy groups -OCH3 is 2. The molecule has 1 atom stereocenters. The summed E-state index contributed by atoms with van der Waals surface area (Å²) >= 11 is 0. The predicted molar refractivity (Wildman–Crippen MR) is 94.5 cm³/mol. The van der Waals surface area contributed by atoms with Crippen molar-refractivity contribution in [2.45, 2.75) is 23.8 Å². The number of nitrogens with zero attached hydrogens (tertiary/aromatic N) is 2. The van der Waals surface area contributed by atoms with E-state index in [-0.39, 0.29) is 10.9 Å². The molecule has 1 aliphatic heterocycles. The van der Waals surface area contributed by atoms with Crippen LogP contribution in [0.3, 0.4) is 0 Å². The summed E-state index contributed by atoms with van der Waals surface area (Å²) in [6.07, 6.45) is 3.27. The highest BCUT2D eigenvalue weighted by molar-refractivity contribution is 7.89. The molecule has 0 bridgehead atoms. The van der Waals surface area contributed by atoms with E-state index in [2.05, 4.69) is 9.88 Å². The number of anilines is 1. The third-order valence-corrected chi connectivity index (χ3v) is 5.29. The normalized spacial score (nSPS) is 17.6. The monoisotopic (exact) mass is 363 g/mol. The highest BCUT2D eigenvalue weighted by Crippen LogP contribution is 2.40. The van der Waals surface area contributed by atoms with Gasteiger partial charge in [-0.05, 0) is 37.1 Å². The first-order valence-corrected chi connectivity index (χ1v) is 9.46. The standard InChI is InChI=1S/C17H21N3O4S/c1-23-12-5-7-14(16(10-12)24-2)15-4-3-9-20(15)17-8-6-13(11-19-17)25(18,21)22/h5-8,10-11,15H,3-4,9H2,1-2H3,(H2,18,21,22). The molecule has 25 heavy (non-hydrogen) atoms. The van der Waals surface area contributed by atoms with E-state index in [0.717, 1.165) is 36.4 Å². The van der Waals surface area contributed by atoms with Crippen LogP contribution < -0.4 is 19.5 Å². The second kappa shape index (κ2) is 6.89. The maximum absolute atomic E-state index is 11.4. The Morgan fingerprint density at radius 1 is 1.20 bits per heavy atom. The van der Waals surface area contributed by atoms with E-state index in [4.69, 9.17) is 14.6 Å². The first-order chi connectivity index (χ1) is 11.9. The minimum absolute atomic E-state index is 0.00836. The molecule has 1 fully saturated rings. The van der Waals surface area contributed by atoms with Crippen molar-refractivity contribution < 1.29 is 17.9 Å². The molecule has 1 aromatic carbocycles. The van der Waals surface area contributed by atoms with Gasteiger partial charge in [0.2, 0.25) is 10.0 Å². The Hall–Kier alpha value is -2.32. The van der Waals surface area contributed by atoms with Crippen molar-refractivity contribution in [2.75, 3.05) is 25.7 Å². The summed E-state index contributed by atoms with van der Waals surface area (Å²) in [6, 6.07) is 9.05. The summed E-state index contributed by atoms with van der Waals surface area (Å²) < 4.78 is 33.6. The summed E-state index contributed by atoms with van der Waals surface area (Å²) in [5, 5.41) is 5.13. The summed E-state index contributed by atoms with van der Waals surface area (Å²) in [4.78, 5) is 6.45. The number of aromatic nitrogens is 1. The molecule has 0 radical (unpaired) electrons. The molecule has 134 valence electrons. The first kappa shape index (κ1) is 17.5. The first-order valence-electron chi connectivity index (χ1n) is 7.91. The van der Waals surface area contributed by atoms with E-state index in [1.165, 1.54) is 12.3 Å². The molecule has 0 spiro atoms. The molecule has 1 aromatic heterocycles. The molecule has 0 aliphatic carbocycles. The SMILES string of the molecule is COc1ccc(C2CCCN2c2ccc(S(N)(=O)=O)cn2)c(OC)c1. The molecule has 1 saturated heterocycles. The number of benzene rings is 1. The minimum atomic E-state index is -3.74. The number of ether oxygens (including phenoxy) is 2. The van der Waals surface area contributed by atoms with Crippen LogP contribution in [0.25, 0.3) is 0 Å². The van der Waals surface area contributed by atoms with Gasteiger partial charge in [0.15, 0.2) is 0 Å². The lowest BCUT2D eigenvalue weighted by Crippen LogP contribution is -2.24. The average molecular weight is 363 g/mol. The summed E-state index contributed by atoms with van der Waals surface area (Å²) in [7, 11) is -0.488. The molecule has 1 unspecified atom stereocenters. The average Bonchev–Trinajstić information content (AvgIpc) is 3.10. The Morgan fingerprint density at radius 3 is 2.60 bits per heavy atom. The van der Waals surface area contributed by atoms with Gasteiger partial charge in [-0.15, -0.1) is 0 Å². The molecule has 3 rings (SSSR count). The summed E-state index contributed by atoms with van der Waals surface area (Å²) in [5.74, 6) is 2.21. The van der Waals surface area contributed by atoms with Gasteiger partial charge >= 0.3 is 0 Å².